The van der Waals surface area contributed by atoms with Gasteiger partial charge in [-0.25, -0.2) is 18.0 Å². The van der Waals surface area contributed by atoms with E-state index in [4.69, 9.17) is 21.5 Å². The Morgan fingerprint density at radius 2 is 1.38 bits per heavy atom. The van der Waals surface area contributed by atoms with Gasteiger partial charge in [0.15, 0.2) is 0 Å². The van der Waals surface area contributed by atoms with Crippen molar-refractivity contribution in [2.45, 2.75) is 11.1 Å². The zero-order chi connectivity index (χ0) is 28.8. The first kappa shape index (κ1) is 29.6. The van der Waals surface area contributed by atoms with Gasteiger partial charge in [-0.2, -0.15) is 13.2 Å². The second-order valence-corrected chi connectivity index (χ2v) is 10.3. The van der Waals surface area contributed by atoms with Crippen molar-refractivity contribution in [3.63, 3.8) is 0 Å². The third-order valence-corrected chi connectivity index (χ3v) is 7.23. The second kappa shape index (κ2) is 12.3. The topological polar surface area (TPSA) is 127 Å². The molecule has 208 valence electrons. The minimum absolute atomic E-state index is 0.0133. The van der Waals surface area contributed by atoms with Gasteiger partial charge in [0.25, 0.3) is 10.0 Å². The molecule has 0 aromatic heterocycles. The number of carboxylic acid groups (broad SMARTS) is 2. The fourth-order valence-corrected chi connectivity index (χ4v) is 4.90. The molecule has 4 rings (SSSR count). The number of carboxylic acids is 2. The Labute approximate surface area is 227 Å². The first-order valence-electron chi connectivity index (χ1n) is 11.3. The highest BCUT2D eigenvalue weighted by Crippen LogP contribution is 2.31. The lowest BCUT2D eigenvalue weighted by atomic mass is 10.1. The normalized spacial score (nSPS) is 13.7. The monoisotopic (exact) mass is 585 g/mol. The highest BCUT2D eigenvalue weighted by molar-refractivity contribution is 7.92. The molecule has 3 aromatic rings. The molecule has 1 heterocycles. The molecule has 3 aromatic carbocycles. The zero-order valence-electron chi connectivity index (χ0n) is 20.1. The molecular weight excluding hydrogens is 563 g/mol. The summed E-state index contributed by atoms with van der Waals surface area (Å²) < 4.78 is 60.1. The van der Waals surface area contributed by atoms with E-state index in [0.29, 0.717) is 23.8 Å². The summed E-state index contributed by atoms with van der Waals surface area (Å²) in [4.78, 5) is 24.8. The van der Waals surface area contributed by atoms with E-state index in [1.54, 1.807) is 24.3 Å². The molecule has 3 N–H and O–H groups in total. The van der Waals surface area contributed by atoms with Crippen LogP contribution in [-0.2, 0) is 14.8 Å². The summed E-state index contributed by atoms with van der Waals surface area (Å²) in [5, 5.41) is 17.2. The Morgan fingerprint density at radius 1 is 0.846 bits per heavy atom. The lowest BCUT2D eigenvalue weighted by Crippen LogP contribution is -2.46. The maximum absolute atomic E-state index is 12.9. The molecule has 1 aliphatic rings. The smallest absolute Gasteiger partial charge is 0.478 e. The van der Waals surface area contributed by atoms with E-state index in [2.05, 4.69) is 14.5 Å². The van der Waals surface area contributed by atoms with Crippen LogP contribution in [0, 0.1) is 0 Å². The van der Waals surface area contributed by atoms with Gasteiger partial charge in [0, 0.05) is 36.9 Å². The summed E-state index contributed by atoms with van der Waals surface area (Å²) in [5.74, 6) is -3.88. The Balaban J connectivity index is 0.000000532. The van der Waals surface area contributed by atoms with Gasteiger partial charge in [0.05, 0.1) is 21.8 Å². The van der Waals surface area contributed by atoms with Gasteiger partial charge in [-0.15, -0.1) is 0 Å². The predicted octanol–water partition coefficient (Wildman–Crippen LogP) is 4.80. The largest absolute Gasteiger partial charge is 0.490 e. The number of nitrogens with one attached hydrogen (secondary N) is 1. The number of anilines is 3. The number of aromatic carboxylic acids is 1. The molecule has 0 unspecified atom stereocenters. The van der Waals surface area contributed by atoms with Crippen molar-refractivity contribution in [2.75, 3.05) is 40.7 Å². The van der Waals surface area contributed by atoms with E-state index in [-0.39, 0.29) is 16.1 Å². The minimum atomic E-state index is -5.08. The van der Waals surface area contributed by atoms with Crippen LogP contribution in [0.1, 0.15) is 10.4 Å². The summed E-state index contributed by atoms with van der Waals surface area (Å²) in [6.45, 7) is 2.75. The summed E-state index contributed by atoms with van der Waals surface area (Å²) in [5.41, 5.74) is 1.97. The van der Waals surface area contributed by atoms with Crippen molar-refractivity contribution >= 4 is 50.6 Å². The van der Waals surface area contributed by atoms with Crippen molar-refractivity contribution in [1.82, 2.24) is 0 Å². The molecule has 0 aliphatic carbocycles. The summed E-state index contributed by atoms with van der Waals surface area (Å²) in [6, 6.07) is 20.2. The van der Waals surface area contributed by atoms with Gasteiger partial charge < -0.3 is 20.0 Å². The first-order valence-corrected chi connectivity index (χ1v) is 13.1. The average Bonchev–Trinajstić information content (AvgIpc) is 2.89. The summed E-state index contributed by atoms with van der Waals surface area (Å²) in [6.07, 6.45) is -5.08. The Bertz CT molecular complexity index is 1410. The first-order chi connectivity index (χ1) is 18.3. The Morgan fingerprint density at radius 3 is 1.90 bits per heavy atom. The number of nitrogens with zero attached hydrogens (tertiary/aromatic N) is 2. The number of hydrogen-bond donors (Lipinski definition) is 3. The highest BCUT2D eigenvalue weighted by Gasteiger charge is 2.38. The molecule has 14 heteroatoms. The molecule has 1 aliphatic heterocycles. The number of halogens is 4. The lowest BCUT2D eigenvalue weighted by molar-refractivity contribution is -0.192. The van der Waals surface area contributed by atoms with E-state index in [9.17, 15) is 31.5 Å². The van der Waals surface area contributed by atoms with Crippen molar-refractivity contribution in [3.05, 3.63) is 83.4 Å². The number of piperazine rings is 1. The van der Waals surface area contributed by atoms with Gasteiger partial charge in [0.2, 0.25) is 0 Å². The predicted molar refractivity (Wildman–Crippen MR) is 140 cm³/mol. The molecular formula is C25H23ClF3N3O6S. The van der Waals surface area contributed by atoms with Crippen LogP contribution >= 0.6 is 11.6 Å². The Hall–Kier alpha value is -3.97. The van der Waals surface area contributed by atoms with Crippen LogP contribution in [0.5, 0.6) is 0 Å². The number of hydrogen-bond acceptors (Lipinski definition) is 6. The SMILES string of the molecule is O=C(O)C(F)(F)F.O=C(O)c1ccc(N2CCN(c3ccc(Cl)cc3)CC2)c(NS(=O)(=O)c2ccccc2)c1. The van der Waals surface area contributed by atoms with Crippen LogP contribution in [0.25, 0.3) is 0 Å². The van der Waals surface area contributed by atoms with Gasteiger partial charge in [-0.1, -0.05) is 29.8 Å². The van der Waals surface area contributed by atoms with Crippen molar-refractivity contribution in [1.29, 1.82) is 0 Å². The van der Waals surface area contributed by atoms with E-state index >= 15 is 0 Å². The fourth-order valence-electron chi connectivity index (χ4n) is 3.69. The fraction of sp³-hybridized carbons (Fsp3) is 0.200. The van der Waals surface area contributed by atoms with Crippen molar-refractivity contribution in [2.24, 2.45) is 0 Å². The molecule has 0 spiro atoms. The minimum Gasteiger partial charge on any atom is -0.478 e. The number of benzene rings is 3. The summed E-state index contributed by atoms with van der Waals surface area (Å²) >= 11 is 5.98. The number of aliphatic carboxylic acids is 1. The number of sulfonamides is 1. The third-order valence-electron chi connectivity index (χ3n) is 5.60. The van der Waals surface area contributed by atoms with Crippen molar-refractivity contribution in [3.8, 4) is 0 Å². The van der Waals surface area contributed by atoms with E-state index in [1.807, 2.05) is 24.3 Å². The molecule has 9 nitrogen and oxygen atoms in total. The molecule has 0 bridgehead atoms. The van der Waals surface area contributed by atoms with E-state index in [0.717, 1.165) is 18.8 Å². The maximum Gasteiger partial charge on any atom is 0.490 e. The average molecular weight is 586 g/mol. The molecule has 0 saturated carbocycles. The zero-order valence-corrected chi connectivity index (χ0v) is 21.7. The standard InChI is InChI=1S/C23H22ClN3O4S.C2HF3O2/c24-18-7-9-19(10-8-18)26-12-14-27(15-13-26)22-11-6-17(23(28)29)16-21(22)25-32(30,31)20-4-2-1-3-5-20;3-2(4,5)1(6)7/h1-11,16,25H,12-15H2,(H,28,29);(H,6,7). The second-order valence-electron chi connectivity index (χ2n) is 8.21. The lowest BCUT2D eigenvalue weighted by Gasteiger charge is -2.38. The molecule has 0 amide bonds. The maximum atomic E-state index is 12.9. The van der Waals surface area contributed by atoms with Crippen LogP contribution in [0.15, 0.2) is 77.7 Å². The molecule has 1 fully saturated rings. The van der Waals surface area contributed by atoms with E-state index in [1.165, 1.54) is 24.3 Å². The van der Waals surface area contributed by atoms with Crippen LogP contribution in [0.2, 0.25) is 5.02 Å². The van der Waals surface area contributed by atoms with Gasteiger partial charge in [-0.3, -0.25) is 4.72 Å². The van der Waals surface area contributed by atoms with Gasteiger partial charge in [-0.05, 0) is 54.6 Å². The van der Waals surface area contributed by atoms with E-state index < -0.39 is 28.1 Å². The van der Waals surface area contributed by atoms with Crippen LogP contribution < -0.4 is 14.5 Å². The van der Waals surface area contributed by atoms with Gasteiger partial charge >= 0.3 is 18.1 Å². The molecule has 1 saturated heterocycles. The molecule has 0 atom stereocenters. The van der Waals surface area contributed by atoms with Gasteiger partial charge in [0.1, 0.15) is 0 Å². The third kappa shape index (κ3) is 8.01. The van der Waals surface area contributed by atoms with Crippen molar-refractivity contribution < 1.29 is 41.4 Å². The summed E-state index contributed by atoms with van der Waals surface area (Å²) in [7, 11) is -3.87. The number of rotatable bonds is 6. The quantitative estimate of drug-likeness (QED) is 0.377. The van der Waals surface area contributed by atoms with Crippen LogP contribution in [0.3, 0.4) is 0 Å². The van der Waals surface area contributed by atoms with Crippen LogP contribution in [0.4, 0.5) is 30.2 Å². The number of carbonyl (C=O) groups is 2. The van der Waals surface area contributed by atoms with Crippen LogP contribution in [-0.4, -0.2) is 62.9 Å². The number of alkyl halides is 3. The molecule has 39 heavy (non-hydrogen) atoms. The molecule has 0 radical (unpaired) electrons. The highest BCUT2D eigenvalue weighted by atomic mass is 35.5. The Kier molecular flexibility index (Phi) is 9.30.